The summed E-state index contributed by atoms with van der Waals surface area (Å²) >= 11 is 5.80. The van der Waals surface area contributed by atoms with Crippen LogP contribution in [0.4, 0.5) is 5.82 Å². The first-order chi connectivity index (χ1) is 8.99. The Bertz CT molecular complexity index is 602. The van der Waals surface area contributed by atoms with Gasteiger partial charge in [-0.3, -0.25) is 9.48 Å². The predicted molar refractivity (Wildman–Crippen MR) is 72.4 cm³/mol. The van der Waals surface area contributed by atoms with Gasteiger partial charge in [-0.15, -0.1) is 0 Å². The van der Waals surface area contributed by atoms with E-state index in [0.717, 1.165) is 12.2 Å². The molecule has 2 aromatic rings. The molecule has 0 bridgehead atoms. The number of nitrogens with one attached hydrogen (secondary N) is 1. The monoisotopic (exact) mass is 279 g/mol. The molecule has 0 aliphatic heterocycles. The summed E-state index contributed by atoms with van der Waals surface area (Å²) in [6, 6.07) is 3.23. The molecule has 2 aromatic heterocycles. The molecule has 100 valence electrons. The van der Waals surface area contributed by atoms with Crippen LogP contribution in [0, 0.1) is 13.8 Å². The standard InChI is InChI=1S/C12H14ClN5O/c1-4-18-7(2)5-11(17-18)16-12(19)9-6-10(13)15-8(3)14-9/h5-6H,4H2,1-3H3,(H,16,17,19). The molecular formula is C12H14ClN5O. The third-order valence-corrected chi connectivity index (χ3v) is 2.76. The van der Waals surface area contributed by atoms with Crippen molar-refractivity contribution < 1.29 is 4.79 Å². The molecule has 1 amide bonds. The summed E-state index contributed by atoms with van der Waals surface area (Å²) in [6.07, 6.45) is 0. The zero-order valence-electron chi connectivity index (χ0n) is 10.9. The largest absolute Gasteiger partial charge is 0.304 e. The fourth-order valence-electron chi connectivity index (χ4n) is 1.72. The number of aromatic nitrogens is 4. The normalized spacial score (nSPS) is 10.5. The molecule has 0 fully saturated rings. The lowest BCUT2D eigenvalue weighted by molar-refractivity contribution is 0.102. The van der Waals surface area contributed by atoms with Crippen LogP contribution in [0.3, 0.4) is 0 Å². The first-order valence-corrected chi connectivity index (χ1v) is 6.24. The van der Waals surface area contributed by atoms with Crippen LogP contribution in [0.2, 0.25) is 5.15 Å². The molecule has 7 heteroatoms. The Morgan fingerprint density at radius 1 is 1.37 bits per heavy atom. The van der Waals surface area contributed by atoms with E-state index < -0.39 is 0 Å². The molecule has 0 aliphatic carbocycles. The van der Waals surface area contributed by atoms with Gasteiger partial charge in [0.2, 0.25) is 0 Å². The Morgan fingerprint density at radius 3 is 2.68 bits per heavy atom. The van der Waals surface area contributed by atoms with E-state index in [1.165, 1.54) is 6.07 Å². The number of carbonyl (C=O) groups is 1. The SMILES string of the molecule is CCn1nc(NC(=O)c2cc(Cl)nc(C)n2)cc1C. The van der Waals surface area contributed by atoms with Crippen molar-refractivity contribution in [3.63, 3.8) is 0 Å². The Hall–Kier alpha value is -1.95. The van der Waals surface area contributed by atoms with Gasteiger partial charge in [0.15, 0.2) is 5.82 Å². The van der Waals surface area contributed by atoms with Gasteiger partial charge in [-0.2, -0.15) is 5.10 Å². The average molecular weight is 280 g/mol. The van der Waals surface area contributed by atoms with Crippen LogP contribution >= 0.6 is 11.6 Å². The third kappa shape index (κ3) is 3.08. The van der Waals surface area contributed by atoms with E-state index in [2.05, 4.69) is 20.4 Å². The predicted octanol–water partition coefficient (Wildman–Crippen LogP) is 2.22. The highest BCUT2D eigenvalue weighted by Crippen LogP contribution is 2.11. The lowest BCUT2D eigenvalue weighted by Gasteiger charge is -2.02. The highest BCUT2D eigenvalue weighted by atomic mass is 35.5. The van der Waals surface area contributed by atoms with E-state index in [9.17, 15) is 4.79 Å². The minimum absolute atomic E-state index is 0.223. The second kappa shape index (κ2) is 5.36. The Kier molecular flexibility index (Phi) is 3.80. The molecule has 2 rings (SSSR count). The van der Waals surface area contributed by atoms with Gasteiger partial charge in [-0.25, -0.2) is 9.97 Å². The second-order valence-corrected chi connectivity index (χ2v) is 4.45. The molecular weight excluding hydrogens is 266 g/mol. The number of hydrogen-bond donors (Lipinski definition) is 1. The van der Waals surface area contributed by atoms with E-state index in [1.807, 2.05) is 13.8 Å². The smallest absolute Gasteiger partial charge is 0.275 e. The van der Waals surface area contributed by atoms with Crippen LogP contribution in [-0.2, 0) is 6.54 Å². The summed E-state index contributed by atoms with van der Waals surface area (Å²) in [5.74, 6) is 0.595. The molecule has 0 saturated carbocycles. The fourth-order valence-corrected chi connectivity index (χ4v) is 1.94. The maximum absolute atomic E-state index is 12.0. The first-order valence-electron chi connectivity index (χ1n) is 5.86. The summed E-state index contributed by atoms with van der Waals surface area (Å²) in [5.41, 5.74) is 1.20. The third-order valence-electron chi connectivity index (χ3n) is 2.56. The lowest BCUT2D eigenvalue weighted by Crippen LogP contribution is -2.15. The number of aryl methyl sites for hydroxylation is 3. The van der Waals surface area contributed by atoms with E-state index in [4.69, 9.17) is 11.6 Å². The van der Waals surface area contributed by atoms with Gasteiger partial charge in [-0.05, 0) is 20.8 Å². The van der Waals surface area contributed by atoms with Gasteiger partial charge in [-0.1, -0.05) is 11.6 Å². The number of halogens is 1. The summed E-state index contributed by atoms with van der Waals surface area (Å²) in [4.78, 5) is 20.0. The van der Waals surface area contributed by atoms with Gasteiger partial charge in [0, 0.05) is 24.4 Å². The van der Waals surface area contributed by atoms with Crippen molar-refractivity contribution in [2.75, 3.05) is 5.32 Å². The Morgan fingerprint density at radius 2 is 2.11 bits per heavy atom. The number of carbonyl (C=O) groups excluding carboxylic acids is 1. The molecule has 2 heterocycles. The maximum Gasteiger partial charge on any atom is 0.275 e. The molecule has 0 radical (unpaired) electrons. The van der Waals surface area contributed by atoms with Gasteiger partial charge < -0.3 is 5.32 Å². The number of hydrogen-bond acceptors (Lipinski definition) is 4. The maximum atomic E-state index is 12.0. The van der Waals surface area contributed by atoms with E-state index in [0.29, 0.717) is 11.6 Å². The molecule has 0 aromatic carbocycles. The van der Waals surface area contributed by atoms with E-state index in [1.54, 1.807) is 17.7 Å². The number of amides is 1. The topological polar surface area (TPSA) is 72.7 Å². The van der Waals surface area contributed by atoms with Crippen LogP contribution in [0.1, 0.15) is 28.9 Å². The Balaban J connectivity index is 2.20. The molecule has 0 saturated heterocycles. The fraction of sp³-hybridized carbons (Fsp3) is 0.333. The highest BCUT2D eigenvalue weighted by molar-refractivity contribution is 6.29. The van der Waals surface area contributed by atoms with Crippen LogP contribution in [0.15, 0.2) is 12.1 Å². The quantitative estimate of drug-likeness (QED) is 0.875. The van der Waals surface area contributed by atoms with Crippen molar-refractivity contribution in [2.24, 2.45) is 0 Å². The van der Waals surface area contributed by atoms with Gasteiger partial charge in [0.25, 0.3) is 5.91 Å². The second-order valence-electron chi connectivity index (χ2n) is 4.06. The van der Waals surface area contributed by atoms with Crippen LogP contribution in [-0.4, -0.2) is 25.7 Å². The average Bonchev–Trinajstić information content (AvgIpc) is 2.68. The molecule has 0 unspecified atom stereocenters. The number of nitrogens with zero attached hydrogens (tertiary/aromatic N) is 4. The zero-order chi connectivity index (χ0) is 14.0. The van der Waals surface area contributed by atoms with Crippen LogP contribution in [0.5, 0.6) is 0 Å². The van der Waals surface area contributed by atoms with E-state index >= 15 is 0 Å². The highest BCUT2D eigenvalue weighted by Gasteiger charge is 2.12. The number of rotatable bonds is 3. The summed E-state index contributed by atoms with van der Waals surface area (Å²) < 4.78 is 1.80. The molecule has 0 spiro atoms. The van der Waals surface area contributed by atoms with Crippen molar-refractivity contribution in [3.8, 4) is 0 Å². The number of anilines is 1. The van der Waals surface area contributed by atoms with Crippen LogP contribution < -0.4 is 5.32 Å². The van der Waals surface area contributed by atoms with Crippen molar-refractivity contribution in [1.82, 2.24) is 19.7 Å². The van der Waals surface area contributed by atoms with Crippen molar-refractivity contribution in [2.45, 2.75) is 27.3 Å². The van der Waals surface area contributed by atoms with Crippen molar-refractivity contribution in [1.29, 1.82) is 0 Å². The van der Waals surface area contributed by atoms with Gasteiger partial charge in [0.1, 0.15) is 16.7 Å². The zero-order valence-corrected chi connectivity index (χ0v) is 11.7. The van der Waals surface area contributed by atoms with Crippen LogP contribution in [0.25, 0.3) is 0 Å². The first kappa shape index (κ1) is 13.5. The van der Waals surface area contributed by atoms with Crippen molar-refractivity contribution in [3.05, 3.63) is 34.5 Å². The summed E-state index contributed by atoms with van der Waals surface area (Å²) in [6.45, 7) is 6.34. The summed E-state index contributed by atoms with van der Waals surface area (Å²) in [7, 11) is 0. The molecule has 1 N–H and O–H groups in total. The van der Waals surface area contributed by atoms with E-state index in [-0.39, 0.29) is 16.8 Å². The minimum atomic E-state index is -0.354. The Labute approximate surface area is 115 Å². The molecule has 0 atom stereocenters. The lowest BCUT2D eigenvalue weighted by atomic mass is 10.3. The molecule has 19 heavy (non-hydrogen) atoms. The molecule has 0 aliphatic rings. The van der Waals surface area contributed by atoms with Gasteiger partial charge in [0.05, 0.1) is 0 Å². The minimum Gasteiger partial charge on any atom is -0.304 e. The molecule has 6 nitrogen and oxygen atoms in total. The van der Waals surface area contributed by atoms with Crippen molar-refractivity contribution >= 4 is 23.3 Å². The van der Waals surface area contributed by atoms with Gasteiger partial charge >= 0.3 is 0 Å². The summed E-state index contributed by atoms with van der Waals surface area (Å²) in [5, 5.41) is 7.18.